The number of esters is 8. The van der Waals surface area contributed by atoms with Crippen LogP contribution in [0, 0.1) is 39.9 Å². The second-order valence-electron chi connectivity index (χ2n) is 23.4. The van der Waals surface area contributed by atoms with Gasteiger partial charge < -0.3 is 42.6 Å². The third-order valence-electron chi connectivity index (χ3n) is 16.4. The first-order valence-electron chi connectivity index (χ1n) is 27.2. The van der Waals surface area contributed by atoms with Crippen molar-refractivity contribution in [3.8, 4) is 0 Å². The lowest BCUT2D eigenvalue weighted by molar-refractivity contribution is -0.207. The molecule has 6 rings (SSSR count). The van der Waals surface area contributed by atoms with Crippen molar-refractivity contribution in [1.82, 2.24) is 0 Å². The summed E-state index contributed by atoms with van der Waals surface area (Å²) in [5, 5.41) is 0. The Morgan fingerprint density at radius 3 is 1.21 bits per heavy atom. The number of carbonyl (C=O) groups excluding carboxylic acids is 8. The molecule has 434 valence electrons. The maximum atomic E-state index is 12.3. The molecular formula is C58H100O17. The first kappa shape index (κ1) is 68.7. The molecule has 0 atom stereocenters. The fourth-order valence-electron chi connectivity index (χ4n) is 10.2. The molecular weight excluding hydrogens is 969 g/mol. The highest BCUT2D eigenvalue weighted by molar-refractivity contribution is 5.82. The average Bonchev–Trinajstić information content (AvgIpc) is 3.35. The predicted octanol–water partition coefficient (Wildman–Crippen LogP) is 11.0. The maximum Gasteiger partial charge on any atom is 0.344 e. The molecule has 0 aromatic heterocycles. The lowest BCUT2D eigenvalue weighted by atomic mass is 9.50. The molecule has 17 nitrogen and oxygen atoms in total. The zero-order valence-corrected chi connectivity index (χ0v) is 46.6. The molecule has 75 heavy (non-hydrogen) atoms. The fraction of sp³-hybridized carbons (Fsp3) is 0.862. The fourth-order valence-corrected chi connectivity index (χ4v) is 10.2. The highest BCUT2D eigenvalue weighted by Gasteiger charge is 2.57. The third-order valence-corrected chi connectivity index (χ3v) is 16.4. The largest absolute Gasteiger partial charge is 0.463 e. The van der Waals surface area contributed by atoms with E-state index in [1.54, 1.807) is 27.7 Å². The smallest absolute Gasteiger partial charge is 0.344 e. The molecule has 0 radical (unpaired) electrons. The van der Waals surface area contributed by atoms with Crippen molar-refractivity contribution in [1.29, 1.82) is 0 Å². The molecule has 6 aliphatic rings. The van der Waals surface area contributed by atoms with Crippen molar-refractivity contribution in [3.05, 3.63) is 0 Å². The zero-order valence-electron chi connectivity index (χ0n) is 46.6. The Kier molecular flexibility index (Phi) is 28.6. The van der Waals surface area contributed by atoms with Crippen molar-refractivity contribution in [3.63, 3.8) is 0 Å². The van der Waals surface area contributed by atoms with Crippen LogP contribution in [0.3, 0.4) is 0 Å². The first-order chi connectivity index (χ1) is 34.2. The highest BCUT2D eigenvalue weighted by Crippen LogP contribution is 2.59. The van der Waals surface area contributed by atoms with Gasteiger partial charge in [-0.25, -0.2) is 24.0 Å². The predicted molar refractivity (Wildman–Crippen MR) is 283 cm³/mol. The molecule has 17 heteroatoms. The molecule has 0 amide bonds. The van der Waals surface area contributed by atoms with E-state index in [4.69, 9.17) is 42.6 Å². The molecule has 0 saturated heterocycles. The minimum atomic E-state index is -0.754. The van der Waals surface area contributed by atoms with Crippen LogP contribution in [0.5, 0.6) is 0 Å². The van der Waals surface area contributed by atoms with Gasteiger partial charge in [-0.1, -0.05) is 55.4 Å². The van der Waals surface area contributed by atoms with Crippen molar-refractivity contribution < 1.29 is 81.0 Å². The van der Waals surface area contributed by atoms with Gasteiger partial charge in [-0.15, -0.1) is 0 Å². The number of rotatable bonds is 23. The number of hydrogen-bond acceptors (Lipinski definition) is 17. The van der Waals surface area contributed by atoms with Crippen molar-refractivity contribution in [2.24, 2.45) is 39.9 Å². The molecule has 0 aliphatic heterocycles. The minimum absolute atomic E-state index is 0. The van der Waals surface area contributed by atoms with E-state index in [0.717, 1.165) is 108 Å². The van der Waals surface area contributed by atoms with Crippen LogP contribution in [0.1, 0.15) is 220 Å². The second-order valence-corrected chi connectivity index (χ2v) is 23.4. The average molecular weight is 1070 g/mol. The Bertz CT molecular complexity index is 1810. The summed E-state index contributed by atoms with van der Waals surface area (Å²) in [5.74, 6) is -1.62. The van der Waals surface area contributed by atoms with E-state index in [2.05, 4.69) is 13.8 Å². The van der Waals surface area contributed by atoms with Crippen LogP contribution in [-0.4, -0.2) is 111 Å². The third kappa shape index (κ3) is 21.9. The molecule has 0 aromatic carbocycles. The van der Waals surface area contributed by atoms with Gasteiger partial charge in [0.2, 0.25) is 0 Å². The molecule has 0 spiro atoms. The number of ether oxygens (including phenoxy) is 9. The van der Waals surface area contributed by atoms with Gasteiger partial charge in [0.05, 0.1) is 22.9 Å². The summed E-state index contributed by atoms with van der Waals surface area (Å²) >= 11 is 0. The van der Waals surface area contributed by atoms with E-state index < -0.39 is 89.7 Å². The second kappa shape index (κ2) is 31.2. The summed E-state index contributed by atoms with van der Waals surface area (Å²) in [7, 11) is 0. The lowest BCUT2D eigenvalue weighted by Crippen LogP contribution is -2.58. The molecule has 0 unspecified atom stereocenters. The minimum Gasteiger partial charge on any atom is -0.463 e. The van der Waals surface area contributed by atoms with Gasteiger partial charge in [0, 0.05) is 0 Å². The molecule has 4 bridgehead atoms. The quantitative estimate of drug-likeness (QED) is 0.0527. The van der Waals surface area contributed by atoms with E-state index in [1.165, 1.54) is 12.8 Å². The highest BCUT2D eigenvalue weighted by atomic mass is 16.6. The Balaban J connectivity index is 0.000000558. The van der Waals surface area contributed by atoms with Crippen LogP contribution in [-0.2, 0) is 81.0 Å². The van der Waals surface area contributed by atoms with Crippen LogP contribution in [0.4, 0.5) is 0 Å². The van der Waals surface area contributed by atoms with E-state index in [0.29, 0.717) is 24.7 Å². The van der Waals surface area contributed by atoms with Crippen LogP contribution in [0.2, 0.25) is 0 Å². The molecule has 6 aliphatic carbocycles. The van der Waals surface area contributed by atoms with Crippen LogP contribution < -0.4 is 0 Å². The van der Waals surface area contributed by atoms with Crippen LogP contribution >= 0.6 is 0 Å². The number of carbonyl (C=O) groups is 8. The topological polar surface area (TPSA) is 220 Å². The van der Waals surface area contributed by atoms with Gasteiger partial charge in [-0.05, 0) is 188 Å². The Labute approximate surface area is 450 Å². The first-order valence-corrected chi connectivity index (χ1v) is 27.2. The zero-order chi connectivity index (χ0) is 54.7. The van der Waals surface area contributed by atoms with Crippen LogP contribution in [0.25, 0.3) is 0 Å². The molecule has 6 saturated carbocycles. The van der Waals surface area contributed by atoms with E-state index in [1.807, 2.05) is 41.5 Å². The van der Waals surface area contributed by atoms with E-state index in [9.17, 15) is 38.4 Å². The number of hydrogen-bond donors (Lipinski definition) is 0. The summed E-state index contributed by atoms with van der Waals surface area (Å²) in [6.07, 6.45) is 18.9. The molecule has 0 aromatic rings. The van der Waals surface area contributed by atoms with Gasteiger partial charge in [0.15, 0.2) is 26.4 Å². The summed E-state index contributed by atoms with van der Waals surface area (Å²) in [4.78, 5) is 94.6. The molecule has 6 fully saturated rings. The van der Waals surface area contributed by atoms with Gasteiger partial charge in [-0.2, -0.15) is 0 Å². The van der Waals surface area contributed by atoms with E-state index >= 15 is 0 Å². The lowest BCUT2D eigenvalue weighted by Gasteiger charge is -2.59. The summed E-state index contributed by atoms with van der Waals surface area (Å²) in [5.41, 5.74) is -2.96. The van der Waals surface area contributed by atoms with Gasteiger partial charge >= 0.3 is 47.8 Å². The summed E-state index contributed by atoms with van der Waals surface area (Å²) in [6.45, 7) is 20.8. The van der Waals surface area contributed by atoms with Crippen molar-refractivity contribution >= 4 is 47.8 Å². The van der Waals surface area contributed by atoms with Crippen molar-refractivity contribution in [2.45, 2.75) is 237 Å². The monoisotopic (exact) mass is 1070 g/mol. The summed E-state index contributed by atoms with van der Waals surface area (Å²) < 4.78 is 46.9. The van der Waals surface area contributed by atoms with Crippen molar-refractivity contribution in [2.75, 3.05) is 46.2 Å². The Morgan fingerprint density at radius 1 is 0.427 bits per heavy atom. The maximum absolute atomic E-state index is 12.3. The Morgan fingerprint density at radius 2 is 0.800 bits per heavy atom. The molecule has 0 heterocycles. The standard InChI is InChI=1S/C21H32O6.C18H32O5.C17H28O6.2CH4/c1-5-20(2,3)19(24)26-11-17(22)25-12-18(23)27-21(4)15-7-13-6-14(9-15)10-16(21)8-13;1-5-17(3,4)16(20)22-13-12-21-14-15(19)23-18(6-2)10-8-7-9-11-18;1-5-16(2,3)15(20)22-11-13(18)21-12-14(19)23-17(4)9-7-6-8-10-17;;/h13-16H,5-12H2,1-4H3;5-14H2,1-4H3;5-12H2,1-4H3;2*1H4. The van der Waals surface area contributed by atoms with Gasteiger partial charge in [-0.3, -0.25) is 14.4 Å². The van der Waals surface area contributed by atoms with Crippen LogP contribution in [0.15, 0.2) is 0 Å². The Hall–Kier alpha value is -4.28. The van der Waals surface area contributed by atoms with Gasteiger partial charge in [0.1, 0.15) is 30.0 Å². The SMILES string of the molecule is C.C.CCC(C)(C)C(=O)OCC(=O)OCC(=O)OC1(C)C2CC3CC(C2)CC1C3.CCC(C)(C)C(=O)OCC(=O)OCC(=O)OC1(C)CCCCC1.CCC1(OC(=O)COCCOC(=O)C(C)(C)CC)CCCCC1. The van der Waals surface area contributed by atoms with E-state index in [-0.39, 0.29) is 52.2 Å². The van der Waals surface area contributed by atoms with Gasteiger partial charge in [0.25, 0.3) is 0 Å². The molecule has 0 N–H and O–H groups in total. The normalized spacial score (nSPS) is 23.0. The summed E-state index contributed by atoms with van der Waals surface area (Å²) in [6, 6.07) is 0.